The number of guanidine groups is 1. The topological polar surface area (TPSA) is 130 Å². The summed E-state index contributed by atoms with van der Waals surface area (Å²) in [4.78, 5) is 35.8. The molecule has 11 heteroatoms. The van der Waals surface area contributed by atoms with Gasteiger partial charge in [0.25, 0.3) is 12.4 Å². The number of aliphatic hydroxyl groups is 1. The van der Waals surface area contributed by atoms with Gasteiger partial charge in [-0.15, -0.1) is 0 Å². The molecule has 5 rings (SSSR count). The third kappa shape index (κ3) is 6.00. The minimum Gasteiger partial charge on any atom is -0.463 e. The fourth-order valence-corrected chi connectivity index (χ4v) is 6.75. The summed E-state index contributed by atoms with van der Waals surface area (Å²) < 4.78 is 28.9. The van der Waals surface area contributed by atoms with E-state index in [2.05, 4.69) is 9.98 Å². The number of carbonyl (C=O) groups excluding carboxylic acids is 2. The van der Waals surface area contributed by atoms with Crippen LogP contribution in [0.1, 0.15) is 84.0 Å². The van der Waals surface area contributed by atoms with E-state index in [9.17, 15) is 14.7 Å². The fourth-order valence-electron chi connectivity index (χ4n) is 6.75. The van der Waals surface area contributed by atoms with Crippen LogP contribution in [0.4, 0.5) is 4.39 Å². The largest absolute Gasteiger partial charge is 0.463 e. The molecule has 40 heavy (non-hydrogen) atoms. The van der Waals surface area contributed by atoms with Crippen LogP contribution in [-0.2, 0) is 19.1 Å². The van der Waals surface area contributed by atoms with Gasteiger partial charge in [-0.2, -0.15) is 14.6 Å². The average Bonchev–Trinajstić information content (AvgIpc) is 3.45. The first-order chi connectivity index (χ1) is 19.1. The summed E-state index contributed by atoms with van der Waals surface area (Å²) in [6.07, 6.45) is 10.7. The lowest BCUT2D eigenvalue weighted by Crippen LogP contribution is -2.50. The molecule has 0 aromatic rings. The molecule has 0 radical (unpaired) electrons. The van der Waals surface area contributed by atoms with Crippen molar-refractivity contribution < 1.29 is 33.1 Å². The minimum absolute atomic E-state index is 0.0259. The average molecular weight is 561 g/mol. The number of ether oxygens (including phenoxy) is 2. The maximum absolute atomic E-state index is 16.0. The number of hydrogen-bond acceptors (Lipinski definition) is 8. The van der Waals surface area contributed by atoms with Crippen molar-refractivity contribution in [1.29, 1.82) is 0 Å². The number of allylic oxidation sites excluding steroid dienone is 1. The molecule has 10 nitrogen and oxygen atoms in total. The maximum atomic E-state index is 16.0. The van der Waals surface area contributed by atoms with Crippen LogP contribution in [0.5, 0.6) is 0 Å². The van der Waals surface area contributed by atoms with E-state index < -0.39 is 30.3 Å². The Morgan fingerprint density at radius 3 is 2.42 bits per heavy atom. The predicted molar refractivity (Wildman–Crippen MR) is 148 cm³/mol. The van der Waals surface area contributed by atoms with Gasteiger partial charge in [-0.25, -0.2) is 4.39 Å². The monoisotopic (exact) mass is 560 g/mol. The highest BCUT2D eigenvalue weighted by molar-refractivity contribution is 6.15. The zero-order chi connectivity index (χ0) is 28.4. The van der Waals surface area contributed by atoms with Crippen molar-refractivity contribution in [2.24, 2.45) is 27.6 Å². The number of alkyl halides is 1. The zero-order valence-corrected chi connectivity index (χ0v) is 23.6. The van der Waals surface area contributed by atoms with Gasteiger partial charge in [0.1, 0.15) is 18.8 Å². The highest BCUT2D eigenvalue weighted by Gasteiger charge is 2.62. The highest BCUT2D eigenvalue weighted by atomic mass is 19.1. The molecule has 0 bridgehead atoms. The Morgan fingerprint density at radius 1 is 1.15 bits per heavy atom. The highest BCUT2D eigenvalue weighted by Crippen LogP contribution is 2.38. The molecule has 5 aliphatic rings. The van der Waals surface area contributed by atoms with E-state index in [1.54, 1.807) is 23.9 Å². The van der Waals surface area contributed by atoms with E-state index in [4.69, 9.17) is 15.2 Å². The van der Waals surface area contributed by atoms with Gasteiger partial charge in [-0.05, 0) is 44.4 Å². The number of carbonyl (C=O) groups is 2. The Hall–Kier alpha value is -2.66. The van der Waals surface area contributed by atoms with Crippen molar-refractivity contribution in [3.63, 3.8) is 0 Å². The molecule has 1 amide bonds. The van der Waals surface area contributed by atoms with Crippen LogP contribution in [0.2, 0.25) is 0 Å². The lowest BCUT2D eigenvalue weighted by molar-refractivity contribution is -0.637. The van der Waals surface area contributed by atoms with Gasteiger partial charge >= 0.3 is 5.97 Å². The Balaban J connectivity index is 1.22. The van der Waals surface area contributed by atoms with Gasteiger partial charge in [0.15, 0.2) is 12.1 Å². The number of rotatable bonds is 7. The second-order valence-electron chi connectivity index (χ2n) is 12.2. The Bertz CT molecular complexity index is 1110. The second kappa shape index (κ2) is 12.1. The van der Waals surface area contributed by atoms with Crippen LogP contribution in [0.25, 0.3) is 0 Å². The standard InChI is InChI=1S/C29H43FN5O5/c1-29(30)24(38)21(17-39-23(37)16-19-11-7-4-8-12-19)40-27(29)35-14-13-20-25(32-28(31)33-26(20)35)34(2)22(36)15-18-9-5-3-6-10-18/h13-14,18-19,21,24,26-27,38H,3-12,15-17H2,1-2H3,(H2,31,33)/q+1/t21-,24-,26?,27-,29-/m1/s1. The molecule has 3 aliphatic heterocycles. The lowest BCUT2D eigenvalue weighted by atomic mass is 9.86. The number of nitrogens with two attached hydrogens (primary N) is 1. The molecule has 0 spiro atoms. The number of hydrogen-bond donors (Lipinski definition) is 2. The van der Waals surface area contributed by atoms with Crippen LogP contribution in [0, 0.1) is 11.8 Å². The van der Waals surface area contributed by atoms with E-state index in [1.165, 1.54) is 24.7 Å². The van der Waals surface area contributed by atoms with Crippen LogP contribution >= 0.6 is 0 Å². The molecule has 220 valence electrons. The zero-order valence-electron chi connectivity index (χ0n) is 23.6. The summed E-state index contributed by atoms with van der Waals surface area (Å²) in [6, 6.07) is 0. The van der Waals surface area contributed by atoms with Gasteiger partial charge in [0, 0.05) is 26.0 Å². The molecular weight excluding hydrogens is 517 g/mol. The number of esters is 1. The van der Waals surface area contributed by atoms with Crippen LogP contribution in [-0.4, -0.2) is 88.4 Å². The van der Waals surface area contributed by atoms with Crippen molar-refractivity contribution in [3.8, 4) is 0 Å². The summed E-state index contributed by atoms with van der Waals surface area (Å²) in [5.74, 6) is 0.638. The molecule has 3 heterocycles. The molecule has 1 unspecified atom stereocenters. The van der Waals surface area contributed by atoms with Crippen molar-refractivity contribution >= 4 is 29.9 Å². The number of aliphatic hydroxyl groups excluding tert-OH is 1. The summed E-state index contributed by atoms with van der Waals surface area (Å²) in [5, 5.41) is 10.8. The molecule has 5 atom stereocenters. The summed E-state index contributed by atoms with van der Waals surface area (Å²) in [7, 11) is 1.68. The third-order valence-electron chi connectivity index (χ3n) is 9.18. The first-order valence-corrected chi connectivity index (χ1v) is 14.8. The number of amides is 1. The van der Waals surface area contributed by atoms with Crippen LogP contribution < -0.4 is 5.73 Å². The molecule has 2 aliphatic carbocycles. The summed E-state index contributed by atoms with van der Waals surface area (Å²) >= 11 is 0. The van der Waals surface area contributed by atoms with E-state index in [-0.39, 0.29) is 24.4 Å². The van der Waals surface area contributed by atoms with Crippen molar-refractivity contribution in [1.82, 2.24) is 4.90 Å². The van der Waals surface area contributed by atoms with Crippen molar-refractivity contribution in [3.05, 3.63) is 11.6 Å². The second-order valence-corrected chi connectivity index (χ2v) is 12.2. The van der Waals surface area contributed by atoms with E-state index in [1.807, 2.05) is 0 Å². The van der Waals surface area contributed by atoms with Crippen molar-refractivity contribution in [2.45, 2.75) is 114 Å². The van der Waals surface area contributed by atoms with E-state index in [0.717, 1.165) is 51.4 Å². The Labute approximate surface area is 235 Å². The van der Waals surface area contributed by atoms with Gasteiger partial charge in [-0.3, -0.25) is 14.5 Å². The number of nitrogens with zero attached hydrogens (tertiary/aromatic N) is 4. The van der Waals surface area contributed by atoms with Gasteiger partial charge in [0.05, 0.1) is 5.57 Å². The quantitative estimate of drug-likeness (QED) is 0.364. The van der Waals surface area contributed by atoms with Gasteiger partial charge in [-0.1, -0.05) is 38.5 Å². The first kappa shape index (κ1) is 28.9. The molecule has 3 N–H and O–H groups in total. The number of likely N-dealkylation sites (N-methyl/N-ethyl adjacent to an activating group) is 1. The van der Waals surface area contributed by atoms with Gasteiger partial charge in [0.2, 0.25) is 17.5 Å². The van der Waals surface area contributed by atoms with E-state index >= 15 is 4.39 Å². The summed E-state index contributed by atoms with van der Waals surface area (Å²) in [5.41, 5.74) is 4.47. The Morgan fingerprint density at radius 2 is 1.77 bits per heavy atom. The molecular formula is C29H43FN5O5+. The Kier molecular flexibility index (Phi) is 8.70. The van der Waals surface area contributed by atoms with Crippen LogP contribution in [0.15, 0.2) is 21.6 Å². The number of aliphatic imine (C=N–C) groups is 2. The van der Waals surface area contributed by atoms with Gasteiger partial charge < -0.3 is 20.3 Å². The predicted octanol–water partition coefficient (Wildman–Crippen LogP) is 2.82. The fraction of sp³-hybridized carbons (Fsp3) is 0.759. The molecule has 1 saturated heterocycles. The smallest absolute Gasteiger partial charge is 0.306 e. The maximum Gasteiger partial charge on any atom is 0.306 e. The molecule has 0 aromatic carbocycles. The summed E-state index contributed by atoms with van der Waals surface area (Å²) in [6.45, 7) is 1.03. The molecule has 3 fully saturated rings. The third-order valence-corrected chi connectivity index (χ3v) is 9.18. The normalized spacial score (nSPS) is 33.0. The van der Waals surface area contributed by atoms with Crippen molar-refractivity contribution in [2.75, 3.05) is 13.7 Å². The minimum atomic E-state index is -2.19. The number of amidine groups is 1. The lowest BCUT2D eigenvalue weighted by Gasteiger charge is -2.28. The molecule has 2 saturated carbocycles. The van der Waals surface area contributed by atoms with E-state index in [0.29, 0.717) is 36.1 Å². The number of halogens is 1. The number of fused-ring (bicyclic) bond motifs is 1. The molecule has 0 aromatic heterocycles. The SMILES string of the molecule is CN(C(=O)CC1CCCCC1)C1=NC(N)=NC2C1=CC=[N+]2[C@@H]1O[C@H](COC(=O)CC2CCCCC2)[C@@H](O)[C@@]1(C)F. The van der Waals surface area contributed by atoms with Crippen LogP contribution in [0.3, 0.4) is 0 Å². The first-order valence-electron chi connectivity index (χ1n) is 14.8.